The lowest BCUT2D eigenvalue weighted by Gasteiger charge is -2.34. The van der Waals surface area contributed by atoms with Crippen LogP contribution in [-0.2, 0) is 4.79 Å². The maximum Gasteiger partial charge on any atom is 0.265 e. The van der Waals surface area contributed by atoms with Gasteiger partial charge in [0.15, 0.2) is 0 Å². The Hall–Kier alpha value is -2.29. The van der Waals surface area contributed by atoms with E-state index in [0.29, 0.717) is 25.6 Å². The van der Waals surface area contributed by atoms with E-state index in [1.807, 2.05) is 18.7 Å². The normalized spacial score (nSPS) is 19.0. The molecule has 4 rings (SSSR count). The summed E-state index contributed by atoms with van der Waals surface area (Å²) < 4.78 is 0. The summed E-state index contributed by atoms with van der Waals surface area (Å²) in [5.74, 6) is 0.498. The molecule has 1 aromatic heterocycles. The van der Waals surface area contributed by atoms with Crippen LogP contribution in [0.2, 0.25) is 0 Å². The third-order valence-electron chi connectivity index (χ3n) is 7.56. The molecular weight excluding hydrogens is 458 g/mol. The van der Waals surface area contributed by atoms with E-state index in [4.69, 9.17) is 0 Å². The molecule has 1 atom stereocenters. The van der Waals surface area contributed by atoms with Gasteiger partial charge in [0.2, 0.25) is 5.91 Å². The summed E-state index contributed by atoms with van der Waals surface area (Å²) >= 11 is 1.48. The molecule has 8 heteroatoms. The van der Waals surface area contributed by atoms with E-state index in [9.17, 15) is 9.59 Å². The number of benzene rings is 1. The number of piperidine rings is 1. The Morgan fingerprint density at radius 3 is 2.37 bits per heavy atom. The fourth-order valence-electron chi connectivity index (χ4n) is 4.94. The molecule has 0 aliphatic carbocycles. The van der Waals surface area contributed by atoms with Gasteiger partial charge in [-0.05, 0) is 39.7 Å². The molecule has 35 heavy (non-hydrogen) atoms. The molecule has 0 spiro atoms. The molecule has 0 saturated carbocycles. The van der Waals surface area contributed by atoms with Crippen molar-refractivity contribution in [1.82, 2.24) is 25.0 Å². The number of piperazine rings is 1. The van der Waals surface area contributed by atoms with Gasteiger partial charge in [0.1, 0.15) is 9.88 Å². The molecular formula is C27H39N5O2S. The van der Waals surface area contributed by atoms with Crippen molar-refractivity contribution in [1.29, 1.82) is 0 Å². The number of nitrogens with one attached hydrogen (secondary N) is 1. The van der Waals surface area contributed by atoms with Crippen molar-refractivity contribution < 1.29 is 9.59 Å². The fourth-order valence-corrected chi connectivity index (χ4v) is 5.98. The Labute approximate surface area is 213 Å². The standard InChI is InChI=1S/C27H39N5O2S/c1-19-5-7-23(8-6-19)26-29-21(3)24(35-26)27(34)32-12-9-22(10-13-32)20(2)25(33)28-11-14-31-17-15-30(4)16-18-31/h5-8,20,22H,9-18H2,1-4H3,(H,28,33). The molecule has 1 N–H and O–H groups in total. The van der Waals surface area contributed by atoms with E-state index in [1.165, 1.54) is 16.9 Å². The van der Waals surface area contributed by atoms with E-state index in [0.717, 1.165) is 66.7 Å². The predicted molar refractivity (Wildman–Crippen MR) is 142 cm³/mol. The number of aromatic nitrogens is 1. The molecule has 2 aromatic rings. The third kappa shape index (κ3) is 6.48. The van der Waals surface area contributed by atoms with Gasteiger partial charge in [-0.1, -0.05) is 36.8 Å². The van der Waals surface area contributed by atoms with Gasteiger partial charge < -0.3 is 15.1 Å². The highest BCUT2D eigenvalue weighted by atomic mass is 32.1. The van der Waals surface area contributed by atoms with Crippen molar-refractivity contribution in [3.8, 4) is 10.6 Å². The predicted octanol–water partition coefficient (Wildman–Crippen LogP) is 3.28. The van der Waals surface area contributed by atoms with Gasteiger partial charge in [-0.2, -0.15) is 0 Å². The minimum atomic E-state index is -0.0296. The Bertz CT molecular complexity index is 1010. The minimum Gasteiger partial charge on any atom is -0.355 e. The number of nitrogens with zero attached hydrogens (tertiary/aromatic N) is 4. The number of hydrogen-bond donors (Lipinski definition) is 1. The van der Waals surface area contributed by atoms with Gasteiger partial charge in [-0.3, -0.25) is 14.5 Å². The number of carbonyl (C=O) groups excluding carboxylic acids is 2. The highest BCUT2D eigenvalue weighted by molar-refractivity contribution is 7.17. The Morgan fingerprint density at radius 2 is 1.71 bits per heavy atom. The summed E-state index contributed by atoms with van der Waals surface area (Å²) in [7, 11) is 2.15. The van der Waals surface area contributed by atoms with Crippen LogP contribution in [0, 0.1) is 25.7 Å². The van der Waals surface area contributed by atoms with E-state index >= 15 is 0 Å². The number of likely N-dealkylation sites (tertiary alicyclic amines) is 1. The topological polar surface area (TPSA) is 68.8 Å². The van der Waals surface area contributed by atoms with Crippen molar-refractivity contribution >= 4 is 23.2 Å². The zero-order chi connectivity index (χ0) is 24.9. The third-order valence-corrected chi connectivity index (χ3v) is 8.75. The van der Waals surface area contributed by atoms with Crippen LogP contribution in [0.3, 0.4) is 0 Å². The number of hydrogen-bond acceptors (Lipinski definition) is 6. The van der Waals surface area contributed by atoms with Crippen LogP contribution in [0.1, 0.15) is 40.7 Å². The largest absolute Gasteiger partial charge is 0.355 e. The van der Waals surface area contributed by atoms with Gasteiger partial charge >= 0.3 is 0 Å². The maximum atomic E-state index is 13.3. The Kier molecular flexibility index (Phi) is 8.57. The summed E-state index contributed by atoms with van der Waals surface area (Å²) in [6.07, 6.45) is 1.73. The molecule has 3 heterocycles. The van der Waals surface area contributed by atoms with Crippen LogP contribution < -0.4 is 5.32 Å². The average molecular weight is 498 g/mol. The lowest BCUT2D eigenvalue weighted by atomic mass is 9.85. The van der Waals surface area contributed by atoms with Gasteiger partial charge in [0.05, 0.1) is 5.69 Å². The number of amides is 2. The monoisotopic (exact) mass is 497 g/mol. The van der Waals surface area contributed by atoms with Crippen LogP contribution in [0.5, 0.6) is 0 Å². The van der Waals surface area contributed by atoms with Crippen molar-refractivity contribution in [2.45, 2.75) is 33.6 Å². The Morgan fingerprint density at radius 1 is 1.06 bits per heavy atom. The van der Waals surface area contributed by atoms with E-state index in [-0.39, 0.29) is 17.7 Å². The van der Waals surface area contributed by atoms with Gasteiger partial charge in [0, 0.05) is 63.8 Å². The van der Waals surface area contributed by atoms with Crippen LogP contribution in [0.25, 0.3) is 10.6 Å². The molecule has 7 nitrogen and oxygen atoms in total. The van der Waals surface area contributed by atoms with E-state index in [2.05, 4.69) is 58.3 Å². The number of thiazole rings is 1. The minimum absolute atomic E-state index is 0.0296. The summed E-state index contributed by atoms with van der Waals surface area (Å²) in [5.41, 5.74) is 3.05. The first-order valence-electron chi connectivity index (χ1n) is 12.8. The molecule has 2 saturated heterocycles. The summed E-state index contributed by atoms with van der Waals surface area (Å²) in [6.45, 7) is 13.4. The lowest BCUT2D eigenvalue weighted by Crippen LogP contribution is -2.48. The van der Waals surface area contributed by atoms with Crippen LogP contribution in [0.15, 0.2) is 24.3 Å². The first kappa shape index (κ1) is 25.8. The van der Waals surface area contributed by atoms with Gasteiger partial charge in [-0.15, -0.1) is 11.3 Å². The summed E-state index contributed by atoms with van der Waals surface area (Å²) in [5, 5.41) is 4.04. The van der Waals surface area contributed by atoms with E-state index in [1.54, 1.807) is 0 Å². The number of aryl methyl sites for hydroxylation is 2. The number of rotatable bonds is 7. The smallest absolute Gasteiger partial charge is 0.265 e. The summed E-state index contributed by atoms with van der Waals surface area (Å²) in [6, 6.07) is 8.26. The second kappa shape index (κ2) is 11.6. The van der Waals surface area contributed by atoms with Crippen molar-refractivity contribution in [3.05, 3.63) is 40.4 Å². The molecule has 2 amide bonds. The summed E-state index contributed by atoms with van der Waals surface area (Å²) in [4.78, 5) is 38.1. The van der Waals surface area contributed by atoms with Gasteiger partial charge in [0.25, 0.3) is 5.91 Å². The van der Waals surface area contributed by atoms with Crippen LogP contribution in [-0.4, -0.2) is 90.9 Å². The maximum absolute atomic E-state index is 13.3. The molecule has 1 unspecified atom stereocenters. The lowest BCUT2D eigenvalue weighted by molar-refractivity contribution is -0.126. The molecule has 2 aliphatic heterocycles. The molecule has 1 aromatic carbocycles. The first-order chi connectivity index (χ1) is 16.8. The molecule has 2 fully saturated rings. The number of carbonyl (C=O) groups is 2. The SMILES string of the molecule is Cc1ccc(-c2nc(C)c(C(=O)N3CCC(C(C)C(=O)NCCN4CCN(C)CC4)CC3)s2)cc1. The second-order valence-corrected chi connectivity index (χ2v) is 11.2. The zero-order valence-corrected chi connectivity index (χ0v) is 22.4. The van der Waals surface area contributed by atoms with Crippen LogP contribution in [0.4, 0.5) is 0 Å². The van der Waals surface area contributed by atoms with Crippen molar-refractivity contribution in [2.24, 2.45) is 11.8 Å². The van der Waals surface area contributed by atoms with Crippen molar-refractivity contribution in [2.75, 3.05) is 59.4 Å². The first-order valence-corrected chi connectivity index (χ1v) is 13.7. The second-order valence-electron chi connectivity index (χ2n) is 10.2. The Balaban J connectivity index is 1.24. The fraction of sp³-hybridized carbons (Fsp3) is 0.593. The number of likely N-dealkylation sites (N-methyl/N-ethyl adjacent to an activating group) is 1. The quantitative estimate of drug-likeness (QED) is 0.636. The molecule has 0 bridgehead atoms. The van der Waals surface area contributed by atoms with Gasteiger partial charge in [-0.25, -0.2) is 4.98 Å². The highest BCUT2D eigenvalue weighted by Crippen LogP contribution is 2.31. The highest BCUT2D eigenvalue weighted by Gasteiger charge is 2.31. The van der Waals surface area contributed by atoms with Crippen molar-refractivity contribution in [3.63, 3.8) is 0 Å². The zero-order valence-electron chi connectivity index (χ0n) is 21.5. The van der Waals surface area contributed by atoms with Crippen LogP contribution >= 0.6 is 11.3 Å². The average Bonchev–Trinajstić information content (AvgIpc) is 3.26. The van der Waals surface area contributed by atoms with E-state index < -0.39 is 0 Å². The molecule has 0 radical (unpaired) electrons. The molecule has 2 aliphatic rings. The molecule has 190 valence electrons.